The number of hydrogen-bond donors (Lipinski definition) is 1. The first-order chi connectivity index (χ1) is 14.2. The van der Waals surface area contributed by atoms with Gasteiger partial charge in [0.1, 0.15) is 11.9 Å². The summed E-state index contributed by atoms with van der Waals surface area (Å²) in [5, 5.41) is 2.48. The predicted molar refractivity (Wildman–Crippen MR) is 103 cm³/mol. The molecule has 1 amide bonds. The molecule has 168 valence electrons. The Morgan fingerprint density at radius 1 is 1.17 bits per heavy atom. The van der Waals surface area contributed by atoms with Gasteiger partial charge in [-0.2, -0.15) is 17.5 Å². The largest absolute Gasteiger partial charge is 0.482 e. The van der Waals surface area contributed by atoms with Gasteiger partial charge in [0.15, 0.2) is 6.61 Å². The minimum atomic E-state index is -4.58. The number of nitrogens with one attached hydrogen (secondary N) is 1. The minimum absolute atomic E-state index is 0.105. The van der Waals surface area contributed by atoms with E-state index in [0.29, 0.717) is 32.5 Å². The molecule has 3 rings (SSSR count). The Labute approximate surface area is 173 Å². The van der Waals surface area contributed by atoms with Crippen LogP contribution in [0.25, 0.3) is 0 Å². The van der Waals surface area contributed by atoms with E-state index >= 15 is 0 Å². The van der Waals surface area contributed by atoms with Crippen LogP contribution >= 0.6 is 0 Å². The highest BCUT2D eigenvalue weighted by atomic mass is 32.2. The minimum Gasteiger partial charge on any atom is -0.482 e. The van der Waals surface area contributed by atoms with Gasteiger partial charge in [0.05, 0.1) is 10.6 Å². The van der Waals surface area contributed by atoms with Crippen molar-refractivity contribution < 1.29 is 35.9 Å². The summed E-state index contributed by atoms with van der Waals surface area (Å²) >= 11 is 0. The molecule has 0 saturated carbocycles. The number of nitrogens with zero attached hydrogens (tertiary/aromatic N) is 1. The van der Waals surface area contributed by atoms with Crippen LogP contribution < -0.4 is 10.1 Å². The number of sulfonamides is 1. The molecule has 0 spiro atoms. The topological polar surface area (TPSA) is 84.9 Å². The number of hydrogen-bond acceptors (Lipinski definition) is 5. The van der Waals surface area contributed by atoms with Crippen molar-refractivity contribution in [3.63, 3.8) is 0 Å². The smallest absolute Gasteiger partial charge is 0.422 e. The number of carbonyl (C=O) groups excluding carboxylic acids is 1. The number of benzene rings is 1. The van der Waals surface area contributed by atoms with Gasteiger partial charge < -0.3 is 14.8 Å². The predicted octanol–water partition coefficient (Wildman–Crippen LogP) is 3.31. The summed E-state index contributed by atoms with van der Waals surface area (Å²) in [4.78, 5) is 12.3. The van der Waals surface area contributed by atoms with Crippen molar-refractivity contribution in [2.75, 3.05) is 31.6 Å². The van der Waals surface area contributed by atoms with Crippen LogP contribution in [-0.4, -0.2) is 57.2 Å². The summed E-state index contributed by atoms with van der Waals surface area (Å²) in [5.41, 5.74) is -0.129. The van der Waals surface area contributed by atoms with Crippen molar-refractivity contribution in [2.24, 2.45) is 0 Å². The lowest BCUT2D eigenvalue weighted by Crippen LogP contribution is -2.32. The highest BCUT2D eigenvalue weighted by Crippen LogP contribution is 2.32. The van der Waals surface area contributed by atoms with Crippen LogP contribution in [0.15, 0.2) is 23.1 Å². The maximum Gasteiger partial charge on any atom is 0.422 e. The maximum atomic E-state index is 13.0. The molecule has 0 aliphatic carbocycles. The molecule has 0 radical (unpaired) electrons. The molecule has 2 aliphatic heterocycles. The van der Waals surface area contributed by atoms with Crippen molar-refractivity contribution >= 4 is 21.6 Å². The van der Waals surface area contributed by atoms with Crippen LogP contribution in [-0.2, 0) is 19.6 Å². The van der Waals surface area contributed by atoms with E-state index in [1.165, 1.54) is 10.4 Å². The third kappa shape index (κ3) is 5.86. The second-order valence-corrected chi connectivity index (χ2v) is 9.31. The third-order valence-corrected chi connectivity index (χ3v) is 6.92. The van der Waals surface area contributed by atoms with Crippen molar-refractivity contribution in [1.82, 2.24) is 4.31 Å². The molecule has 0 bridgehead atoms. The summed E-state index contributed by atoms with van der Waals surface area (Å²) < 4.78 is 75.3. The van der Waals surface area contributed by atoms with Gasteiger partial charge in [-0.15, -0.1) is 0 Å². The van der Waals surface area contributed by atoms with Crippen LogP contribution in [0.3, 0.4) is 0 Å². The van der Waals surface area contributed by atoms with Crippen LogP contribution in [0.1, 0.15) is 38.5 Å². The zero-order valence-corrected chi connectivity index (χ0v) is 17.2. The van der Waals surface area contributed by atoms with Crippen molar-refractivity contribution in [3.05, 3.63) is 18.2 Å². The molecule has 7 nitrogen and oxygen atoms in total. The maximum absolute atomic E-state index is 13.0. The summed E-state index contributed by atoms with van der Waals surface area (Å²) in [7, 11) is -3.85. The molecule has 30 heavy (non-hydrogen) atoms. The van der Waals surface area contributed by atoms with Crippen molar-refractivity contribution in [2.45, 2.75) is 55.7 Å². The quantitative estimate of drug-likeness (QED) is 0.719. The molecule has 2 fully saturated rings. The van der Waals surface area contributed by atoms with E-state index in [-0.39, 0.29) is 16.3 Å². The number of carbonyl (C=O) groups is 1. The van der Waals surface area contributed by atoms with Crippen molar-refractivity contribution in [3.8, 4) is 5.75 Å². The molecule has 0 aromatic heterocycles. The Hall–Kier alpha value is -1.85. The number of ether oxygens (including phenoxy) is 2. The Bertz CT molecular complexity index is 846. The summed E-state index contributed by atoms with van der Waals surface area (Å²) in [6, 6.07) is 3.49. The highest BCUT2D eigenvalue weighted by Gasteiger charge is 2.31. The first-order valence-electron chi connectivity index (χ1n) is 9.93. The Morgan fingerprint density at radius 3 is 2.47 bits per heavy atom. The van der Waals surface area contributed by atoms with Crippen molar-refractivity contribution in [1.29, 1.82) is 0 Å². The fourth-order valence-electron chi connectivity index (χ4n) is 3.48. The van der Waals surface area contributed by atoms with E-state index in [1.807, 2.05) is 0 Å². The third-order valence-electron chi connectivity index (χ3n) is 5.03. The monoisotopic (exact) mass is 450 g/mol. The molecule has 2 aliphatic rings. The molecule has 0 unspecified atom stereocenters. The average Bonchev–Trinajstić information content (AvgIpc) is 3.08. The first-order valence-corrected chi connectivity index (χ1v) is 11.4. The lowest BCUT2D eigenvalue weighted by molar-refractivity contribution is -0.153. The van der Waals surface area contributed by atoms with E-state index in [9.17, 15) is 26.4 Å². The molecule has 2 heterocycles. The van der Waals surface area contributed by atoms with Crippen LogP contribution in [0.5, 0.6) is 5.75 Å². The van der Waals surface area contributed by atoms with E-state index in [2.05, 4.69) is 5.32 Å². The molecule has 1 aromatic carbocycles. The second kappa shape index (κ2) is 9.52. The van der Waals surface area contributed by atoms with E-state index in [0.717, 1.165) is 37.8 Å². The van der Waals surface area contributed by atoms with Gasteiger partial charge in [-0.05, 0) is 43.9 Å². The first kappa shape index (κ1) is 22.8. The Morgan fingerprint density at radius 2 is 1.87 bits per heavy atom. The Balaban J connectivity index is 1.88. The molecule has 2 saturated heterocycles. The number of anilines is 1. The van der Waals surface area contributed by atoms with Gasteiger partial charge >= 0.3 is 6.18 Å². The second-order valence-electron chi connectivity index (χ2n) is 7.37. The fraction of sp³-hybridized carbons (Fsp3) is 0.632. The summed E-state index contributed by atoms with van der Waals surface area (Å²) in [6.07, 6.45) is -0.755. The molecule has 11 heteroatoms. The van der Waals surface area contributed by atoms with Gasteiger partial charge in [0.2, 0.25) is 10.0 Å². The lowest BCUT2D eigenvalue weighted by Gasteiger charge is -2.21. The average molecular weight is 450 g/mol. The number of amides is 1. The van der Waals surface area contributed by atoms with Crippen LogP contribution in [0.4, 0.5) is 18.9 Å². The normalized spacial score (nSPS) is 21.2. The van der Waals surface area contributed by atoms with Crippen LogP contribution in [0, 0.1) is 0 Å². The van der Waals surface area contributed by atoms with E-state index in [4.69, 9.17) is 9.47 Å². The summed E-state index contributed by atoms with van der Waals surface area (Å²) in [5.74, 6) is -0.804. The molecular weight excluding hydrogens is 425 g/mol. The standard InChI is InChI=1S/C19H25F3N2O5S/c20-19(21,22)13-29-16-8-7-14(30(26,27)24-9-3-1-2-4-10-24)12-15(16)23-18(25)17-6-5-11-28-17/h7-8,12,17H,1-6,9-11,13H2,(H,23,25)/t17-/m1/s1. The zero-order valence-electron chi connectivity index (χ0n) is 16.4. The van der Waals surface area contributed by atoms with Gasteiger partial charge in [0.25, 0.3) is 5.91 Å². The SMILES string of the molecule is O=C(Nc1cc(S(=O)(=O)N2CCCCCC2)ccc1OCC(F)(F)F)[C@H]1CCCO1. The number of alkyl halides is 3. The molecule has 1 atom stereocenters. The van der Waals surface area contributed by atoms with E-state index in [1.54, 1.807) is 0 Å². The van der Waals surface area contributed by atoms with Gasteiger partial charge in [-0.3, -0.25) is 4.79 Å². The lowest BCUT2D eigenvalue weighted by atomic mass is 10.2. The number of rotatable bonds is 6. The summed E-state index contributed by atoms with van der Waals surface area (Å²) in [6.45, 7) is -0.383. The Kier molecular flexibility index (Phi) is 7.25. The van der Waals surface area contributed by atoms with Crippen LogP contribution in [0.2, 0.25) is 0 Å². The van der Waals surface area contributed by atoms with Gasteiger partial charge in [-0.1, -0.05) is 12.8 Å². The van der Waals surface area contributed by atoms with Gasteiger partial charge in [-0.25, -0.2) is 8.42 Å². The fourth-order valence-corrected chi connectivity index (χ4v) is 5.03. The zero-order chi connectivity index (χ0) is 21.8. The molecule has 1 aromatic rings. The number of halogens is 3. The molecular formula is C19H25F3N2O5S. The van der Waals surface area contributed by atoms with E-state index < -0.39 is 34.8 Å². The highest BCUT2D eigenvalue weighted by molar-refractivity contribution is 7.89. The van der Waals surface area contributed by atoms with Gasteiger partial charge in [0, 0.05) is 19.7 Å². The molecule has 1 N–H and O–H groups in total.